The summed E-state index contributed by atoms with van der Waals surface area (Å²) in [5.41, 5.74) is 7.13. The zero-order chi connectivity index (χ0) is 13.8. The van der Waals surface area contributed by atoms with Crippen LogP contribution in [0.2, 0.25) is 5.02 Å². The minimum absolute atomic E-state index is 0.172. The number of ether oxygens (including phenoxy) is 1. The number of halogens is 2. The van der Waals surface area contributed by atoms with Crippen LogP contribution in [0.25, 0.3) is 0 Å². The highest BCUT2D eigenvalue weighted by Gasteiger charge is 2.17. The van der Waals surface area contributed by atoms with Crippen molar-refractivity contribution in [3.8, 4) is 5.75 Å². The maximum Gasteiger partial charge on any atom is 0.139 e. The molecule has 0 radical (unpaired) electrons. The molecule has 1 unspecified atom stereocenters. The minimum atomic E-state index is -0.555. The predicted molar refractivity (Wildman–Crippen MR) is 75.0 cm³/mol. The van der Waals surface area contributed by atoms with Crippen LogP contribution in [-0.2, 0) is 0 Å². The summed E-state index contributed by atoms with van der Waals surface area (Å²) in [5.74, 6) is 0.182. The second-order valence-corrected chi connectivity index (χ2v) is 4.70. The van der Waals surface area contributed by atoms with Crippen LogP contribution in [0, 0.1) is 12.7 Å². The normalized spacial score (nSPS) is 12.2. The third-order valence-corrected chi connectivity index (χ3v) is 3.13. The number of hydrogen-bond acceptors (Lipinski definition) is 2. The second kappa shape index (κ2) is 6.04. The van der Waals surface area contributed by atoms with Crippen LogP contribution in [0.3, 0.4) is 0 Å². The lowest BCUT2D eigenvalue weighted by atomic mass is 10.1. The van der Waals surface area contributed by atoms with Crippen LogP contribution in [-0.4, -0.2) is 6.54 Å². The van der Waals surface area contributed by atoms with E-state index in [0.717, 1.165) is 5.56 Å². The average Bonchev–Trinajstić information content (AvgIpc) is 2.41. The molecule has 4 heteroatoms. The fourth-order valence-electron chi connectivity index (χ4n) is 1.83. The highest BCUT2D eigenvalue weighted by atomic mass is 35.5. The van der Waals surface area contributed by atoms with Gasteiger partial charge in [-0.1, -0.05) is 35.9 Å². The highest BCUT2D eigenvalue weighted by molar-refractivity contribution is 6.32. The molecule has 0 amide bonds. The van der Waals surface area contributed by atoms with Crippen molar-refractivity contribution in [2.75, 3.05) is 6.54 Å². The lowest BCUT2D eigenvalue weighted by Crippen LogP contribution is -2.19. The highest BCUT2D eigenvalue weighted by Crippen LogP contribution is 2.30. The molecule has 0 fully saturated rings. The summed E-state index contributed by atoms with van der Waals surface area (Å²) >= 11 is 6.06. The quantitative estimate of drug-likeness (QED) is 0.922. The van der Waals surface area contributed by atoms with Crippen LogP contribution < -0.4 is 10.5 Å². The fourth-order valence-corrected chi connectivity index (χ4v) is 1.99. The topological polar surface area (TPSA) is 35.2 Å². The Morgan fingerprint density at radius 2 is 2.00 bits per heavy atom. The van der Waals surface area contributed by atoms with Crippen LogP contribution in [0.4, 0.5) is 4.39 Å². The molecule has 2 N–H and O–H groups in total. The van der Waals surface area contributed by atoms with E-state index in [0.29, 0.717) is 16.3 Å². The summed E-state index contributed by atoms with van der Waals surface area (Å²) in [6, 6.07) is 11.9. The van der Waals surface area contributed by atoms with E-state index in [1.807, 2.05) is 19.1 Å². The number of aryl methyl sites for hydroxylation is 1. The van der Waals surface area contributed by atoms with E-state index in [2.05, 4.69) is 0 Å². The van der Waals surface area contributed by atoms with Crippen molar-refractivity contribution in [3.05, 3.63) is 64.4 Å². The van der Waals surface area contributed by atoms with Crippen molar-refractivity contribution < 1.29 is 9.13 Å². The standard InChI is InChI=1S/C15H15ClFNO/c1-10-6-7-12(16)14(8-10)19-15(9-18)11-4-2-3-5-13(11)17/h2-8,15H,9,18H2,1H3. The Hall–Kier alpha value is -1.58. The first-order valence-corrected chi connectivity index (χ1v) is 6.37. The van der Waals surface area contributed by atoms with Crippen molar-refractivity contribution >= 4 is 11.6 Å². The smallest absolute Gasteiger partial charge is 0.139 e. The Bertz CT molecular complexity index is 574. The molecule has 19 heavy (non-hydrogen) atoms. The monoisotopic (exact) mass is 279 g/mol. The third kappa shape index (κ3) is 3.25. The van der Waals surface area contributed by atoms with Crippen molar-refractivity contribution in [3.63, 3.8) is 0 Å². The molecule has 2 aromatic carbocycles. The molecular formula is C15H15ClFNO. The number of rotatable bonds is 4. The molecule has 2 rings (SSSR count). The summed E-state index contributed by atoms with van der Waals surface area (Å²) < 4.78 is 19.5. The van der Waals surface area contributed by atoms with Crippen molar-refractivity contribution in [1.29, 1.82) is 0 Å². The fraction of sp³-hybridized carbons (Fsp3) is 0.200. The largest absolute Gasteiger partial charge is 0.483 e. The van der Waals surface area contributed by atoms with Gasteiger partial charge in [0.15, 0.2) is 0 Å². The molecule has 0 aliphatic carbocycles. The van der Waals surface area contributed by atoms with Crippen LogP contribution in [0.1, 0.15) is 17.2 Å². The minimum Gasteiger partial charge on any atom is -0.483 e. The third-order valence-electron chi connectivity index (χ3n) is 2.82. The average molecular weight is 280 g/mol. The van der Waals surface area contributed by atoms with Crippen molar-refractivity contribution in [1.82, 2.24) is 0 Å². The second-order valence-electron chi connectivity index (χ2n) is 4.30. The van der Waals surface area contributed by atoms with Gasteiger partial charge in [0.2, 0.25) is 0 Å². The summed E-state index contributed by atoms with van der Waals surface area (Å²) in [6.45, 7) is 2.11. The Morgan fingerprint density at radius 1 is 1.26 bits per heavy atom. The molecule has 0 bridgehead atoms. The van der Waals surface area contributed by atoms with Gasteiger partial charge < -0.3 is 10.5 Å². The number of nitrogens with two attached hydrogens (primary N) is 1. The van der Waals surface area contributed by atoms with Crippen molar-refractivity contribution in [2.45, 2.75) is 13.0 Å². The van der Waals surface area contributed by atoms with Gasteiger partial charge in [-0.25, -0.2) is 4.39 Å². The Balaban J connectivity index is 2.29. The Kier molecular flexibility index (Phi) is 4.40. The molecule has 1 atom stereocenters. The van der Waals surface area contributed by atoms with Gasteiger partial charge in [0.05, 0.1) is 5.02 Å². The molecule has 0 aliphatic heterocycles. The van der Waals surface area contributed by atoms with Gasteiger partial charge in [0.1, 0.15) is 17.7 Å². The number of hydrogen-bond donors (Lipinski definition) is 1. The molecular weight excluding hydrogens is 265 g/mol. The van der Waals surface area contributed by atoms with Crippen LogP contribution in [0.5, 0.6) is 5.75 Å². The zero-order valence-electron chi connectivity index (χ0n) is 10.6. The summed E-state index contributed by atoms with van der Waals surface area (Å²) in [6.07, 6.45) is -0.555. The molecule has 0 spiro atoms. The Morgan fingerprint density at radius 3 is 2.68 bits per heavy atom. The van der Waals surface area contributed by atoms with E-state index >= 15 is 0 Å². The predicted octanol–water partition coefficient (Wildman–Crippen LogP) is 3.87. The van der Waals surface area contributed by atoms with Gasteiger partial charge >= 0.3 is 0 Å². The van der Waals surface area contributed by atoms with E-state index in [-0.39, 0.29) is 12.4 Å². The van der Waals surface area contributed by atoms with Gasteiger partial charge in [-0.15, -0.1) is 0 Å². The van der Waals surface area contributed by atoms with Crippen LogP contribution in [0.15, 0.2) is 42.5 Å². The molecule has 100 valence electrons. The molecule has 2 nitrogen and oxygen atoms in total. The van der Waals surface area contributed by atoms with E-state index in [1.165, 1.54) is 6.07 Å². The Labute approximate surface area is 117 Å². The maximum absolute atomic E-state index is 13.7. The molecule has 0 saturated carbocycles. The molecule has 2 aromatic rings. The molecule has 0 aliphatic rings. The van der Waals surface area contributed by atoms with E-state index < -0.39 is 6.10 Å². The summed E-state index contributed by atoms with van der Waals surface area (Å²) in [7, 11) is 0. The van der Waals surface area contributed by atoms with E-state index in [9.17, 15) is 4.39 Å². The lowest BCUT2D eigenvalue weighted by Gasteiger charge is -2.19. The van der Waals surface area contributed by atoms with Crippen molar-refractivity contribution in [2.24, 2.45) is 5.73 Å². The molecule has 0 aromatic heterocycles. The first-order chi connectivity index (χ1) is 9.11. The first-order valence-electron chi connectivity index (χ1n) is 5.99. The summed E-state index contributed by atoms with van der Waals surface area (Å²) in [5, 5.41) is 0.486. The lowest BCUT2D eigenvalue weighted by molar-refractivity contribution is 0.209. The van der Waals surface area contributed by atoms with E-state index in [1.54, 1.807) is 24.3 Å². The van der Waals surface area contributed by atoms with Gasteiger partial charge in [0.25, 0.3) is 0 Å². The first kappa shape index (κ1) is 13.8. The SMILES string of the molecule is Cc1ccc(Cl)c(OC(CN)c2ccccc2F)c1. The zero-order valence-corrected chi connectivity index (χ0v) is 11.3. The maximum atomic E-state index is 13.7. The number of benzene rings is 2. The van der Waals surface area contributed by atoms with Gasteiger partial charge in [-0.3, -0.25) is 0 Å². The molecule has 0 heterocycles. The van der Waals surface area contributed by atoms with Gasteiger partial charge in [-0.2, -0.15) is 0 Å². The summed E-state index contributed by atoms with van der Waals surface area (Å²) in [4.78, 5) is 0. The van der Waals surface area contributed by atoms with Gasteiger partial charge in [-0.05, 0) is 30.7 Å². The van der Waals surface area contributed by atoms with E-state index in [4.69, 9.17) is 22.1 Å². The van der Waals surface area contributed by atoms with Gasteiger partial charge in [0, 0.05) is 12.1 Å². The molecule has 0 saturated heterocycles. The van der Waals surface area contributed by atoms with Crippen LogP contribution >= 0.6 is 11.6 Å².